The Kier molecular flexibility index (Phi) is 4.84. The van der Waals surface area contributed by atoms with E-state index >= 15 is 0 Å². The Morgan fingerprint density at radius 3 is 2.10 bits per heavy atom. The van der Waals surface area contributed by atoms with Gasteiger partial charge in [0.2, 0.25) is 0 Å². The van der Waals surface area contributed by atoms with Crippen molar-refractivity contribution in [3.05, 3.63) is 21.7 Å². The summed E-state index contributed by atoms with van der Waals surface area (Å²) >= 11 is 11.5. The van der Waals surface area contributed by atoms with E-state index in [1.807, 2.05) is 13.8 Å². The van der Waals surface area contributed by atoms with Gasteiger partial charge in [-0.1, -0.05) is 35.7 Å². The topological polar surface area (TPSA) is 0 Å². The van der Waals surface area contributed by atoms with E-state index < -0.39 is 0 Å². The maximum absolute atomic E-state index is 5.85. The van der Waals surface area contributed by atoms with E-state index in [1.165, 1.54) is 5.57 Å². The fraction of sp³-hybridized carbons (Fsp3) is 0.500. The smallest absolute Gasteiger partial charge is 0.0406 e. The molecule has 0 aromatic rings. The van der Waals surface area contributed by atoms with Gasteiger partial charge < -0.3 is 0 Å². The third-order valence-electron chi connectivity index (χ3n) is 1.26. The molecular formula is C8H12Cl2. The molecular weight excluding hydrogens is 167 g/mol. The summed E-state index contributed by atoms with van der Waals surface area (Å²) in [6, 6.07) is 0. The molecule has 0 heterocycles. The van der Waals surface area contributed by atoms with Gasteiger partial charge in [-0.2, -0.15) is 0 Å². The maximum atomic E-state index is 5.85. The van der Waals surface area contributed by atoms with Gasteiger partial charge in [0, 0.05) is 10.1 Å². The van der Waals surface area contributed by atoms with Crippen molar-refractivity contribution in [2.75, 3.05) is 0 Å². The summed E-state index contributed by atoms with van der Waals surface area (Å²) in [6.45, 7) is 5.88. The molecule has 0 aliphatic carbocycles. The molecule has 0 saturated carbocycles. The number of allylic oxidation sites excluding steroid dienone is 4. The van der Waals surface area contributed by atoms with Crippen molar-refractivity contribution in [2.45, 2.75) is 27.2 Å². The van der Waals surface area contributed by atoms with Gasteiger partial charge in [-0.05, 0) is 26.3 Å². The molecule has 0 radical (unpaired) electrons. The lowest BCUT2D eigenvalue weighted by Gasteiger charge is -1.96. The molecule has 0 aliphatic heterocycles. The van der Waals surface area contributed by atoms with Crippen LogP contribution in [0.2, 0.25) is 0 Å². The molecule has 0 unspecified atom stereocenters. The molecule has 58 valence electrons. The first-order chi connectivity index (χ1) is 4.57. The molecule has 0 saturated heterocycles. The summed E-state index contributed by atoms with van der Waals surface area (Å²) in [4.78, 5) is 0. The molecule has 0 rings (SSSR count). The predicted octanol–water partition coefficient (Wildman–Crippen LogP) is 4.05. The zero-order valence-corrected chi connectivity index (χ0v) is 8.05. The molecule has 0 aliphatic rings. The predicted molar refractivity (Wildman–Crippen MR) is 48.5 cm³/mol. The Labute approximate surface area is 72.5 Å². The van der Waals surface area contributed by atoms with Gasteiger partial charge in [-0.15, -0.1) is 0 Å². The first-order valence-corrected chi connectivity index (χ1v) is 4.02. The summed E-state index contributed by atoms with van der Waals surface area (Å²) in [7, 11) is 0. The lowest BCUT2D eigenvalue weighted by Crippen LogP contribution is -1.75. The fourth-order valence-corrected chi connectivity index (χ4v) is 0.929. The van der Waals surface area contributed by atoms with Crippen LogP contribution < -0.4 is 0 Å². The molecule has 0 fully saturated rings. The molecule has 0 N–H and O–H groups in total. The molecule has 10 heavy (non-hydrogen) atoms. The minimum Gasteiger partial charge on any atom is -0.0894 e. The van der Waals surface area contributed by atoms with Crippen LogP contribution in [0, 0.1) is 0 Å². The van der Waals surface area contributed by atoms with Gasteiger partial charge in [-0.25, -0.2) is 0 Å². The Morgan fingerprint density at radius 1 is 1.30 bits per heavy atom. The minimum absolute atomic E-state index is 0.720. The zero-order valence-electron chi connectivity index (χ0n) is 6.54. The van der Waals surface area contributed by atoms with E-state index in [4.69, 9.17) is 23.2 Å². The lowest BCUT2D eigenvalue weighted by molar-refractivity contribution is 1.09. The van der Waals surface area contributed by atoms with Crippen molar-refractivity contribution in [1.82, 2.24) is 0 Å². The second-order valence-electron chi connectivity index (χ2n) is 2.21. The maximum Gasteiger partial charge on any atom is 0.0406 e. The number of hydrogen-bond acceptors (Lipinski definition) is 0. The van der Waals surface area contributed by atoms with Gasteiger partial charge in [0.05, 0.1) is 0 Å². The summed E-state index contributed by atoms with van der Waals surface area (Å²) in [5.74, 6) is 0. The molecule has 0 aromatic heterocycles. The van der Waals surface area contributed by atoms with Crippen LogP contribution in [0.3, 0.4) is 0 Å². The van der Waals surface area contributed by atoms with Crippen molar-refractivity contribution >= 4 is 23.2 Å². The highest BCUT2D eigenvalue weighted by molar-refractivity contribution is 6.34. The van der Waals surface area contributed by atoms with Crippen molar-refractivity contribution in [1.29, 1.82) is 0 Å². The van der Waals surface area contributed by atoms with Crippen LogP contribution >= 0.6 is 23.2 Å². The van der Waals surface area contributed by atoms with Gasteiger partial charge in [-0.3, -0.25) is 0 Å². The first kappa shape index (κ1) is 10.1. The summed E-state index contributed by atoms with van der Waals surface area (Å²) < 4.78 is 0. The summed E-state index contributed by atoms with van der Waals surface area (Å²) in [5.41, 5.74) is 1.17. The fourth-order valence-electron chi connectivity index (χ4n) is 0.467. The van der Waals surface area contributed by atoms with Crippen LogP contribution in [0.5, 0.6) is 0 Å². The van der Waals surface area contributed by atoms with Gasteiger partial charge >= 0.3 is 0 Å². The van der Waals surface area contributed by atoms with Crippen LogP contribution in [0.1, 0.15) is 27.2 Å². The number of rotatable bonds is 2. The van der Waals surface area contributed by atoms with Crippen LogP contribution in [0.25, 0.3) is 0 Å². The van der Waals surface area contributed by atoms with E-state index in [9.17, 15) is 0 Å². The van der Waals surface area contributed by atoms with E-state index in [0.717, 1.165) is 16.5 Å². The van der Waals surface area contributed by atoms with Crippen LogP contribution in [0.4, 0.5) is 0 Å². The third kappa shape index (κ3) is 3.97. The highest BCUT2D eigenvalue weighted by Gasteiger charge is 1.92. The van der Waals surface area contributed by atoms with E-state index in [0.29, 0.717) is 0 Å². The molecule has 2 heteroatoms. The van der Waals surface area contributed by atoms with Gasteiger partial charge in [0.15, 0.2) is 0 Å². The largest absolute Gasteiger partial charge is 0.0894 e. The number of hydrogen-bond donors (Lipinski definition) is 0. The molecule has 0 amide bonds. The second kappa shape index (κ2) is 4.81. The molecule has 0 spiro atoms. The average molecular weight is 179 g/mol. The van der Waals surface area contributed by atoms with Gasteiger partial charge in [0.25, 0.3) is 0 Å². The van der Waals surface area contributed by atoms with E-state index in [2.05, 4.69) is 6.92 Å². The molecule has 0 atom stereocenters. The third-order valence-corrected chi connectivity index (χ3v) is 1.80. The molecule has 0 aromatic carbocycles. The van der Waals surface area contributed by atoms with Crippen molar-refractivity contribution in [3.8, 4) is 0 Å². The van der Waals surface area contributed by atoms with Crippen molar-refractivity contribution in [3.63, 3.8) is 0 Å². The van der Waals surface area contributed by atoms with E-state index in [1.54, 1.807) is 6.08 Å². The molecule has 0 bridgehead atoms. The highest BCUT2D eigenvalue weighted by atomic mass is 35.5. The van der Waals surface area contributed by atoms with Crippen LogP contribution in [-0.4, -0.2) is 0 Å². The Balaban J connectivity index is 4.33. The SMILES string of the molecule is CC/C(C)=C(Cl)\C=C(/C)Cl. The average Bonchev–Trinajstić information content (AvgIpc) is 1.85. The Bertz CT molecular complexity index is 162. The highest BCUT2D eigenvalue weighted by Crippen LogP contribution is 2.16. The second-order valence-corrected chi connectivity index (χ2v) is 3.22. The normalized spacial score (nSPS) is 15.1. The van der Waals surface area contributed by atoms with Crippen LogP contribution in [0.15, 0.2) is 21.7 Å². The first-order valence-electron chi connectivity index (χ1n) is 3.27. The standard InChI is InChI=1S/C8H12Cl2/c1-4-6(2)8(10)5-7(3)9/h5H,4H2,1-3H3/b7-5+,8-6+. The monoisotopic (exact) mass is 178 g/mol. The lowest BCUT2D eigenvalue weighted by atomic mass is 10.2. The summed E-state index contributed by atoms with van der Waals surface area (Å²) in [5, 5.41) is 1.48. The van der Waals surface area contributed by atoms with Crippen LogP contribution in [-0.2, 0) is 0 Å². The summed E-state index contributed by atoms with van der Waals surface area (Å²) in [6.07, 6.45) is 2.74. The molecule has 0 nitrogen and oxygen atoms in total. The minimum atomic E-state index is 0.720. The Hall–Kier alpha value is 0.0600. The quantitative estimate of drug-likeness (QED) is 0.561. The zero-order chi connectivity index (χ0) is 8.15. The van der Waals surface area contributed by atoms with E-state index in [-0.39, 0.29) is 0 Å². The van der Waals surface area contributed by atoms with Gasteiger partial charge in [0.1, 0.15) is 0 Å². The number of halogens is 2. The Morgan fingerprint density at radius 2 is 1.80 bits per heavy atom. The van der Waals surface area contributed by atoms with Crippen molar-refractivity contribution < 1.29 is 0 Å². The van der Waals surface area contributed by atoms with Crippen molar-refractivity contribution in [2.24, 2.45) is 0 Å².